The highest BCUT2D eigenvalue weighted by atomic mass is 32.1. The molecule has 2 fully saturated rings. The second kappa shape index (κ2) is 30.1. The molecule has 85 heavy (non-hydrogen) atoms. The molecule has 2 aromatic carbocycles. The van der Waals surface area contributed by atoms with Crippen LogP contribution in [-0.2, 0) is 60.7 Å². The van der Waals surface area contributed by atoms with Gasteiger partial charge in [0.1, 0.15) is 42.3 Å². The molecule has 19 nitrogen and oxygen atoms in total. The van der Waals surface area contributed by atoms with Gasteiger partial charge in [-0.1, -0.05) is 130 Å². The van der Waals surface area contributed by atoms with Crippen LogP contribution in [0.1, 0.15) is 131 Å². The van der Waals surface area contributed by atoms with Gasteiger partial charge in [0.2, 0.25) is 41.4 Å². The smallest absolute Gasteiger partial charge is 0.332 e. The van der Waals surface area contributed by atoms with Crippen LogP contribution in [0.3, 0.4) is 0 Å². The van der Waals surface area contributed by atoms with Gasteiger partial charge in [-0.25, -0.2) is 4.79 Å². The van der Waals surface area contributed by atoms with Crippen LogP contribution < -0.4 is 16.0 Å². The molecule has 0 radical (unpaired) electrons. The Morgan fingerprint density at radius 1 is 0.624 bits per heavy atom. The zero-order chi connectivity index (χ0) is 63.5. The zero-order valence-electron chi connectivity index (χ0n) is 53.3. The van der Waals surface area contributed by atoms with E-state index in [9.17, 15) is 24.3 Å². The summed E-state index contributed by atoms with van der Waals surface area (Å²) in [6.45, 7) is 22.7. The molecule has 5 rings (SSSR count). The zero-order valence-corrected chi connectivity index (χ0v) is 54.1. The van der Waals surface area contributed by atoms with E-state index in [2.05, 4.69) is 16.0 Å². The summed E-state index contributed by atoms with van der Waals surface area (Å²) in [6.07, 6.45) is 0.00865. The van der Waals surface area contributed by atoms with Crippen LogP contribution in [0.2, 0.25) is 0 Å². The van der Waals surface area contributed by atoms with Gasteiger partial charge in [0.25, 0.3) is 5.91 Å². The van der Waals surface area contributed by atoms with E-state index in [0.29, 0.717) is 24.8 Å². The maximum absolute atomic E-state index is 15.6. The molecule has 2 aliphatic heterocycles. The van der Waals surface area contributed by atoms with Gasteiger partial charge in [-0.3, -0.25) is 38.4 Å². The minimum Gasteiger partial charge on any atom is -0.450 e. The Hall–Kier alpha value is -6.67. The van der Waals surface area contributed by atoms with Gasteiger partial charge in [-0.2, -0.15) is 0 Å². The van der Waals surface area contributed by atoms with Crippen molar-refractivity contribution in [1.29, 1.82) is 0 Å². The van der Waals surface area contributed by atoms with Crippen molar-refractivity contribution in [2.75, 3.05) is 34.7 Å². The van der Waals surface area contributed by atoms with Crippen LogP contribution in [0, 0.1) is 36.5 Å². The Morgan fingerprint density at radius 2 is 1.19 bits per heavy atom. The Morgan fingerprint density at radius 3 is 1.73 bits per heavy atom. The Labute approximate surface area is 508 Å². The van der Waals surface area contributed by atoms with Crippen LogP contribution in [0.15, 0.2) is 66.7 Å². The Kier molecular flexibility index (Phi) is 24.5. The fraction of sp³-hybridized carbons (Fsp3) is 0.615. The van der Waals surface area contributed by atoms with E-state index in [4.69, 9.17) is 4.74 Å². The third kappa shape index (κ3) is 17.1. The molecule has 20 heteroatoms. The number of rotatable bonds is 14. The monoisotopic (exact) mass is 1200 g/mol. The molecule has 2 unspecified atom stereocenters. The summed E-state index contributed by atoms with van der Waals surface area (Å²) in [5.74, 6) is -8.73. The number of amides is 8. The Balaban J connectivity index is 1.72. The molecule has 0 aliphatic carbocycles. The standard InChI is InChI=1S/C65H96N8O11S/c1-18-40(9)51-62(80)70(15)52(38(5)6)57(75)66-46(33-37(3)4)60(78)72(17)55(65(12,13)83)64(82)84-54(41(10)19-2)63(81)71(16)53(39(7)8)58(76)67-47(35-43-25-21-20-22-26-43)59(77)69(14)49(61(79)73-32-24-29-48(73)56(74)68-51)36-44-27-23-28-45(34-44)50-31-30-42(11)85-50/h20-23,25-28,30-31,34,37-41,46-49,51-55,83H,18-19,24,29,32-33,35-36H2,1-17H3,(H,66,75)(H,67,76)(H,68,74)/t40?,41?,46-,47-,48-,49-,51-,52-,53-,54+,55+/m0/s1. The van der Waals surface area contributed by atoms with Crippen LogP contribution in [0.5, 0.6) is 0 Å². The van der Waals surface area contributed by atoms with Gasteiger partial charge in [0, 0.05) is 63.2 Å². The van der Waals surface area contributed by atoms with Crippen molar-refractivity contribution in [3.05, 3.63) is 82.7 Å². The summed E-state index contributed by atoms with van der Waals surface area (Å²) in [6, 6.07) is 10.6. The van der Waals surface area contributed by atoms with Crippen molar-refractivity contribution < 1.29 is 53.0 Å². The third-order valence-corrected chi connectivity index (χ3v) is 18.0. The molecule has 2 saturated heterocycles. The van der Waals surface area contributed by atoms with Crippen molar-refractivity contribution in [1.82, 2.24) is 40.4 Å². The third-order valence-electron chi connectivity index (χ3n) is 16.9. The molecule has 3 aromatic rings. The molecule has 4 N–H and O–H groups in total. The van der Waals surface area contributed by atoms with Crippen LogP contribution in [-0.4, -0.2) is 178 Å². The summed E-state index contributed by atoms with van der Waals surface area (Å²) >= 11 is 1.62. The predicted octanol–water partition coefficient (Wildman–Crippen LogP) is 6.41. The highest BCUT2D eigenvalue weighted by Crippen LogP contribution is 2.31. The lowest BCUT2D eigenvalue weighted by atomic mass is 9.93. The van der Waals surface area contributed by atoms with Crippen LogP contribution in [0.4, 0.5) is 0 Å². The van der Waals surface area contributed by atoms with E-state index in [0.717, 1.165) is 25.8 Å². The number of hydrogen-bond donors (Lipinski definition) is 4. The Bertz CT molecular complexity index is 2830. The number of aryl methyl sites for hydroxylation is 1. The normalized spacial score (nSPS) is 25.5. The number of esters is 1. The molecule has 0 bridgehead atoms. The fourth-order valence-electron chi connectivity index (χ4n) is 11.8. The fourth-order valence-corrected chi connectivity index (χ4v) is 12.7. The SMILES string of the molecule is CCC(C)[C@@H]1NC(=O)[C@@H]2CCCN2C(=O)[C@H](Cc2cccc(-c3ccc(C)s3)c2)N(C)C(=O)[C@H](Cc2ccccc2)NC(=O)[C@H](C(C)C)N(C)C(=O)[C@@H](C(C)CC)OC(=O)[C@H](C(C)(C)O)N(C)C(=O)[C@H](CC(C)C)NC(=O)[C@H](C(C)C)N(C)C1=O. The molecular formula is C65H96N8O11S. The number of hydrogen-bond acceptors (Lipinski definition) is 12. The second-order valence-electron chi connectivity index (χ2n) is 25.3. The summed E-state index contributed by atoms with van der Waals surface area (Å²) in [4.78, 5) is 144. The number of carbonyl (C=O) groups is 9. The number of ether oxygens (including phenoxy) is 1. The first-order valence-corrected chi connectivity index (χ1v) is 31.1. The molecular weight excluding hydrogens is 1100 g/mol. The average Bonchev–Trinajstić information content (AvgIpc) is 4.21. The molecule has 8 amide bonds. The maximum atomic E-state index is 15.6. The van der Waals surface area contributed by atoms with E-state index < -0.39 is 137 Å². The van der Waals surface area contributed by atoms with Gasteiger partial charge in [-0.15, -0.1) is 11.3 Å². The van der Waals surface area contributed by atoms with Gasteiger partial charge in [-0.05, 0) is 98.9 Å². The van der Waals surface area contributed by atoms with E-state index in [1.54, 1.807) is 65.0 Å². The van der Waals surface area contributed by atoms with Crippen molar-refractivity contribution >= 4 is 64.6 Å². The molecule has 0 saturated carbocycles. The quantitative estimate of drug-likeness (QED) is 0.129. The average molecular weight is 1200 g/mol. The number of fused-ring (bicyclic) bond motifs is 1. The maximum Gasteiger partial charge on any atom is 0.332 e. The number of carbonyl (C=O) groups excluding carboxylic acids is 9. The van der Waals surface area contributed by atoms with E-state index in [1.807, 2.05) is 89.2 Å². The largest absolute Gasteiger partial charge is 0.450 e. The van der Waals surface area contributed by atoms with Crippen molar-refractivity contribution in [2.24, 2.45) is 29.6 Å². The van der Waals surface area contributed by atoms with Gasteiger partial charge in [0.15, 0.2) is 12.1 Å². The van der Waals surface area contributed by atoms with Gasteiger partial charge >= 0.3 is 5.97 Å². The van der Waals surface area contributed by atoms with Gasteiger partial charge < -0.3 is 50.3 Å². The molecule has 2 aliphatic rings. The van der Waals surface area contributed by atoms with E-state index >= 15 is 24.0 Å². The number of nitrogens with one attached hydrogen (secondary N) is 3. The van der Waals surface area contributed by atoms with Crippen molar-refractivity contribution in [3.8, 4) is 10.4 Å². The molecule has 11 atom stereocenters. The lowest BCUT2D eigenvalue weighted by Gasteiger charge is -2.39. The number of nitrogens with zero attached hydrogens (tertiary/aromatic N) is 5. The summed E-state index contributed by atoms with van der Waals surface area (Å²) < 4.78 is 6.13. The minimum absolute atomic E-state index is 0.0167. The second-order valence-corrected chi connectivity index (χ2v) is 26.6. The number of cyclic esters (lactones) is 1. The molecule has 3 heterocycles. The summed E-state index contributed by atoms with van der Waals surface area (Å²) in [5, 5.41) is 20.6. The van der Waals surface area contributed by atoms with E-state index in [-0.39, 0.29) is 38.1 Å². The lowest BCUT2D eigenvalue weighted by molar-refractivity contribution is -0.177. The number of thiophene rings is 1. The number of aliphatic hydroxyl groups is 1. The first-order chi connectivity index (χ1) is 39.8. The van der Waals surface area contributed by atoms with E-state index in [1.165, 1.54) is 61.6 Å². The van der Waals surface area contributed by atoms with Crippen molar-refractivity contribution in [2.45, 2.75) is 195 Å². The molecule has 1 aromatic heterocycles. The lowest BCUT2D eigenvalue weighted by Crippen LogP contribution is -2.63. The van der Waals surface area contributed by atoms with Crippen LogP contribution >= 0.6 is 11.3 Å². The number of likely N-dealkylation sites (N-methyl/N-ethyl adjacent to an activating group) is 4. The summed E-state index contributed by atoms with van der Waals surface area (Å²) in [5.41, 5.74) is 0.351. The highest BCUT2D eigenvalue weighted by molar-refractivity contribution is 7.15. The first kappa shape index (κ1) is 69.1. The highest BCUT2D eigenvalue weighted by Gasteiger charge is 2.48. The number of benzene rings is 2. The first-order valence-electron chi connectivity index (χ1n) is 30.2. The van der Waals surface area contributed by atoms with Crippen molar-refractivity contribution in [3.63, 3.8) is 0 Å². The summed E-state index contributed by atoms with van der Waals surface area (Å²) in [7, 11) is 5.70. The van der Waals surface area contributed by atoms with Crippen LogP contribution in [0.25, 0.3) is 10.4 Å². The molecule has 0 spiro atoms. The predicted molar refractivity (Wildman–Crippen MR) is 329 cm³/mol. The van der Waals surface area contributed by atoms with Gasteiger partial charge in [0.05, 0.1) is 5.60 Å². The molecule has 468 valence electrons. The topological polar surface area (TPSA) is 235 Å². The minimum atomic E-state index is -1.98.